The van der Waals surface area contributed by atoms with Crippen molar-refractivity contribution in [2.75, 3.05) is 5.32 Å². The quantitative estimate of drug-likeness (QED) is 0.518. The Balaban J connectivity index is 1.95. The van der Waals surface area contributed by atoms with Crippen LogP contribution in [0.5, 0.6) is 0 Å². The van der Waals surface area contributed by atoms with Crippen LogP contribution in [0.15, 0.2) is 70.8 Å². The number of rotatable bonds is 3. The Morgan fingerprint density at radius 2 is 1.73 bits per heavy atom. The minimum Gasteiger partial charge on any atom is -0.312 e. The number of benzene rings is 2. The molecule has 0 aliphatic rings. The molecule has 0 atom stereocenters. The van der Waals surface area contributed by atoms with E-state index in [4.69, 9.17) is 0 Å². The summed E-state index contributed by atoms with van der Waals surface area (Å²) in [7, 11) is 0. The van der Waals surface area contributed by atoms with Crippen molar-refractivity contribution in [2.45, 2.75) is 0 Å². The van der Waals surface area contributed by atoms with Gasteiger partial charge in [0.15, 0.2) is 5.43 Å². The van der Waals surface area contributed by atoms with Crippen molar-refractivity contribution in [2.24, 2.45) is 0 Å². The van der Waals surface area contributed by atoms with Crippen molar-refractivity contribution in [1.82, 2.24) is 0 Å². The van der Waals surface area contributed by atoms with Gasteiger partial charge in [0.2, 0.25) is 0 Å². The second kappa shape index (κ2) is 6.82. The maximum atomic E-state index is 14.4. The standard InChI is InChI=1S/C20H12FNO2S2/c21-14-8-3-1-6-12(14)17-18(23)13-7-2-4-9-15(13)26-20(17)22-19(24)16-10-5-11-25-16/h1-11H,(H,22,24). The van der Waals surface area contributed by atoms with E-state index in [9.17, 15) is 14.0 Å². The SMILES string of the molecule is O=C(Nc1sc2ccccc2c(=O)c1-c1ccccc1F)c1cccs1. The summed E-state index contributed by atoms with van der Waals surface area (Å²) in [6.45, 7) is 0. The second-order valence-corrected chi connectivity index (χ2v) is 7.54. The number of halogens is 1. The fourth-order valence-corrected chi connectivity index (χ4v) is 4.42. The number of fused-ring (bicyclic) bond motifs is 1. The first-order valence-electron chi connectivity index (χ1n) is 7.81. The third-order valence-corrected chi connectivity index (χ3v) is 5.87. The zero-order valence-corrected chi connectivity index (χ0v) is 15.0. The zero-order chi connectivity index (χ0) is 18.1. The third kappa shape index (κ3) is 2.94. The van der Waals surface area contributed by atoms with Crippen LogP contribution >= 0.6 is 22.7 Å². The molecule has 0 radical (unpaired) electrons. The van der Waals surface area contributed by atoms with Gasteiger partial charge in [-0.05, 0) is 29.6 Å². The molecule has 6 heteroatoms. The largest absolute Gasteiger partial charge is 0.312 e. The summed E-state index contributed by atoms with van der Waals surface area (Å²) in [5, 5.41) is 5.45. The molecule has 0 unspecified atom stereocenters. The molecule has 1 amide bonds. The molecule has 4 aromatic rings. The molecule has 0 aliphatic carbocycles. The summed E-state index contributed by atoms with van der Waals surface area (Å²) in [5.74, 6) is -0.817. The molecular formula is C20H12FNO2S2. The van der Waals surface area contributed by atoms with Gasteiger partial charge in [-0.15, -0.1) is 22.7 Å². The molecule has 0 bridgehead atoms. The molecule has 0 aliphatic heterocycles. The maximum Gasteiger partial charge on any atom is 0.266 e. The highest BCUT2D eigenvalue weighted by Gasteiger charge is 2.19. The molecule has 0 saturated carbocycles. The van der Waals surface area contributed by atoms with Crippen LogP contribution in [-0.4, -0.2) is 5.91 Å². The number of hydrogen-bond donors (Lipinski definition) is 1. The van der Waals surface area contributed by atoms with E-state index >= 15 is 0 Å². The van der Waals surface area contributed by atoms with Gasteiger partial charge in [0.25, 0.3) is 5.91 Å². The monoisotopic (exact) mass is 381 g/mol. The summed E-state index contributed by atoms with van der Waals surface area (Å²) >= 11 is 2.57. The average Bonchev–Trinajstić information content (AvgIpc) is 3.18. The molecular weight excluding hydrogens is 369 g/mol. The van der Waals surface area contributed by atoms with Crippen molar-refractivity contribution in [3.63, 3.8) is 0 Å². The van der Waals surface area contributed by atoms with E-state index in [2.05, 4.69) is 5.32 Å². The predicted octanol–water partition coefficient (Wildman–Crippen LogP) is 5.38. The highest BCUT2D eigenvalue weighted by molar-refractivity contribution is 7.22. The summed E-state index contributed by atoms with van der Waals surface area (Å²) in [5.41, 5.74) is 0.0589. The van der Waals surface area contributed by atoms with Gasteiger partial charge < -0.3 is 5.32 Å². The van der Waals surface area contributed by atoms with Gasteiger partial charge in [-0.3, -0.25) is 9.59 Å². The normalized spacial score (nSPS) is 10.8. The first-order chi connectivity index (χ1) is 12.6. The Bertz CT molecular complexity index is 1170. The maximum absolute atomic E-state index is 14.4. The lowest BCUT2D eigenvalue weighted by Crippen LogP contribution is -2.15. The average molecular weight is 381 g/mol. The Morgan fingerprint density at radius 1 is 0.962 bits per heavy atom. The van der Waals surface area contributed by atoms with E-state index in [1.165, 1.54) is 28.7 Å². The van der Waals surface area contributed by atoms with Gasteiger partial charge in [0.1, 0.15) is 10.8 Å². The van der Waals surface area contributed by atoms with E-state index in [0.29, 0.717) is 15.3 Å². The van der Waals surface area contributed by atoms with Crippen LogP contribution in [0.1, 0.15) is 9.67 Å². The summed E-state index contributed by atoms with van der Waals surface area (Å²) in [4.78, 5) is 26.1. The van der Waals surface area contributed by atoms with Gasteiger partial charge in [0, 0.05) is 15.6 Å². The fraction of sp³-hybridized carbons (Fsp3) is 0. The second-order valence-electron chi connectivity index (χ2n) is 5.54. The Hall–Kier alpha value is -2.83. The van der Waals surface area contributed by atoms with Gasteiger partial charge >= 0.3 is 0 Å². The Labute approximate surface area is 156 Å². The molecule has 0 saturated heterocycles. The molecule has 26 heavy (non-hydrogen) atoms. The number of nitrogens with one attached hydrogen (secondary N) is 1. The van der Waals surface area contributed by atoms with Crippen LogP contribution in [0.2, 0.25) is 0 Å². The Morgan fingerprint density at radius 3 is 2.50 bits per heavy atom. The van der Waals surface area contributed by atoms with Crippen molar-refractivity contribution in [3.8, 4) is 11.1 Å². The molecule has 4 rings (SSSR count). The zero-order valence-electron chi connectivity index (χ0n) is 13.4. The molecule has 1 N–H and O–H groups in total. The summed E-state index contributed by atoms with van der Waals surface area (Å²) in [6.07, 6.45) is 0. The number of carbonyl (C=O) groups is 1. The highest BCUT2D eigenvalue weighted by atomic mass is 32.1. The molecule has 2 aromatic heterocycles. The van der Waals surface area contributed by atoms with E-state index in [0.717, 1.165) is 4.70 Å². The van der Waals surface area contributed by atoms with Crippen molar-refractivity contribution in [1.29, 1.82) is 0 Å². The molecule has 0 fully saturated rings. The summed E-state index contributed by atoms with van der Waals surface area (Å²) < 4.78 is 15.1. The van der Waals surface area contributed by atoms with Gasteiger partial charge in [0.05, 0.1) is 10.4 Å². The van der Waals surface area contributed by atoms with E-state index in [1.807, 2.05) is 12.1 Å². The minimum atomic E-state index is -0.501. The molecule has 2 heterocycles. The lowest BCUT2D eigenvalue weighted by molar-refractivity contribution is 0.103. The third-order valence-electron chi connectivity index (χ3n) is 3.91. The summed E-state index contributed by atoms with van der Waals surface area (Å²) in [6, 6.07) is 16.7. The van der Waals surface area contributed by atoms with Crippen LogP contribution in [0, 0.1) is 5.82 Å². The van der Waals surface area contributed by atoms with Gasteiger partial charge in [-0.25, -0.2) is 4.39 Å². The molecule has 128 valence electrons. The Kier molecular flexibility index (Phi) is 4.36. The van der Waals surface area contributed by atoms with Crippen molar-refractivity contribution >= 4 is 43.7 Å². The lowest BCUT2D eigenvalue weighted by atomic mass is 10.0. The number of anilines is 1. The first kappa shape index (κ1) is 16.6. The fourth-order valence-electron chi connectivity index (χ4n) is 2.71. The van der Waals surface area contributed by atoms with Crippen LogP contribution < -0.4 is 10.7 Å². The highest BCUT2D eigenvalue weighted by Crippen LogP contribution is 2.35. The van der Waals surface area contributed by atoms with E-state index in [-0.39, 0.29) is 22.5 Å². The van der Waals surface area contributed by atoms with E-state index < -0.39 is 5.82 Å². The van der Waals surface area contributed by atoms with Crippen LogP contribution in [0.25, 0.3) is 21.2 Å². The lowest BCUT2D eigenvalue weighted by Gasteiger charge is -2.12. The molecule has 2 aromatic carbocycles. The van der Waals surface area contributed by atoms with Gasteiger partial charge in [-0.1, -0.05) is 36.4 Å². The van der Waals surface area contributed by atoms with Crippen molar-refractivity contribution < 1.29 is 9.18 Å². The minimum absolute atomic E-state index is 0.178. The topological polar surface area (TPSA) is 46.2 Å². The van der Waals surface area contributed by atoms with E-state index in [1.54, 1.807) is 47.8 Å². The number of hydrogen-bond acceptors (Lipinski definition) is 4. The van der Waals surface area contributed by atoms with Gasteiger partial charge in [-0.2, -0.15) is 0 Å². The first-order valence-corrected chi connectivity index (χ1v) is 9.50. The number of amides is 1. The van der Waals surface area contributed by atoms with Crippen molar-refractivity contribution in [3.05, 3.63) is 87.0 Å². The van der Waals surface area contributed by atoms with Crippen LogP contribution in [0.3, 0.4) is 0 Å². The van der Waals surface area contributed by atoms with Crippen LogP contribution in [-0.2, 0) is 0 Å². The molecule has 3 nitrogen and oxygen atoms in total. The van der Waals surface area contributed by atoms with Crippen LogP contribution in [0.4, 0.5) is 9.39 Å². The predicted molar refractivity (Wildman–Crippen MR) is 106 cm³/mol. The number of thiophene rings is 1. The molecule has 0 spiro atoms. The smallest absolute Gasteiger partial charge is 0.266 e. The number of carbonyl (C=O) groups excluding carboxylic acids is 1.